The molecule has 2 atom stereocenters. The van der Waals surface area contributed by atoms with Gasteiger partial charge < -0.3 is 10.1 Å². The highest BCUT2D eigenvalue weighted by Crippen LogP contribution is 2.19. The summed E-state index contributed by atoms with van der Waals surface area (Å²) in [4.78, 5) is 34.9. The van der Waals surface area contributed by atoms with Crippen LogP contribution in [0.2, 0.25) is 0 Å². The van der Waals surface area contributed by atoms with Crippen LogP contribution in [0.15, 0.2) is 24.3 Å². The van der Waals surface area contributed by atoms with Crippen LogP contribution in [0.4, 0.5) is 5.69 Å². The van der Waals surface area contributed by atoms with Crippen molar-refractivity contribution in [3.05, 3.63) is 29.8 Å². The van der Waals surface area contributed by atoms with Crippen molar-refractivity contribution in [2.75, 3.05) is 11.9 Å². The van der Waals surface area contributed by atoms with Gasteiger partial charge in [-0.25, -0.2) is 0 Å². The fourth-order valence-corrected chi connectivity index (χ4v) is 2.58. The van der Waals surface area contributed by atoms with Crippen molar-refractivity contribution in [2.45, 2.75) is 46.1 Å². The first-order valence-electron chi connectivity index (χ1n) is 8.70. The second kappa shape index (κ2) is 8.76. The van der Waals surface area contributed by atoms with Gasteiger partial charge >= 0.3 is 0 Å². The van der Waals surface area contributed by atoms with Crippen LogP contribution in [0.25, 0.3) is 0 Å². The van der Waals surface area contributed by atoms with Gasteiger partial charge in [0.2, 0.25) is 11.8 Å². The van der Waals surface area contributed by atoms with Crippen LogP contribution >= 0.6 is 0 Å². The lowest BCUT2D eigenvalue weighted by atomic mass is 9.98. The van der Waals surface area contributed by atoms with E-state index >= 15 is 0 Å². The molecule has 136 valence electrons. The number of hydrogen-bond donors (Lipinski definition) is 2. The fourth-order valence-electron chi connectivity index (χ4n) is 2.58. The lowest BCUT2D eigenvalue weighted by Gasteiger charge is -2.14. The third kappa shape index (κ3) is 5.98. The van der Waals surface area contributed by atoms with Crippen LogP contribution in [-0.4, -0.2) is 30.4 Å². The van der Waals surface area contributed by atoms with E-state index in [9.17, 15) is 14.4 Å². The van der Waals surface area contributed by atoms with Crippen LogP contribution in [-0.2, 0) is 25.5 Å². The quantitative estimate of drug-likeness (QED) is 0.707. The maximum absolute atomic E-state index is 12.1. The monoisotopic (exact) mass is 346 g/mol. The first kappa shape index (κ1) is 19.1. The Balaban J connectivity index is 1.82. The molecule has 0 aliphatic carbocycles. The second-order valence-electron chi connectivity index (χ2n) is 6.90. The number of hydrogen-bond acceptors (Lipinski definition) is 4. The minimum absolute atomic E-state index is 0.183. The van der Waals surface area contributed by atoms with Gasteiger partial charge in [-0.3, -0.25) is 19.7 Å². The number of carbonyl (C=O) groups excluding carboxylic acids is 3. The van der Waals surface area contributed by atoms with Gasteiger partial charge in [0.1, 0.15) is 6.10 Å². The van der Waals surface area contributed by atoms with Crippen molar-refractivity contribution in [1.29, 1.82) is 0 Å². The summed E-state index contributed by atoms with van der Waals surface area (Å²) in [7, 11) is 0. The van der Waals surface area contributed by atoms with Gasteiger partial charge in [0.05, 0.1) is 5.92 Å². The molecule has 1 saturated heterocycles. The van der Waals surface area contributed by atoms with Gasteiger partial charge in [-0.1, -0.05) is 26.0 Å². The number of benzene rings is 1. The molecule has 1 heterocycles. The summed E-state index contributed by atoms with van der Waals surface area (Å²) < 4.78 is 5.53. The molecule has 0 aromatic heterocycles. The van der Waals surface area contributed by atoms with Crippen LogP contribution in [0.1, 0.15) is 39.2 Å². The van der Waals surface area contributed by atoms with Gasteiger partial charge in [-0.2, -0.15) is 0 Å². The van der Waals surface area contributed by atoms with Crippen molar-refractivity contribution in [1.82, 2.24) is 5.32 Å². The minimum Gasteiger partial charge on any atom is -0.369 e. The van der Waals surface area contributed by atoms with E-state index in [0.717, 1.165) is 12.0 Å². The Morgan fingerprint density at radius 1 is 1.24 bits per heavy atom. The molecule has 1 aliphatic heterocycles. The summed E-state index contributed by atoms with van der Waals surface area (Å²) >= 11 is 0. The van der Waals surface area contributed by atoms with Crippen LogP contribution in [0.5, 0.6) is 0 Å². The molecule has 6 nitrogen and oxygen atoms in total. The van der Waals surface area contributed by atoms with Crippen molar-refractivity contribution < 1.29 is 19.1 Å². The van der Waals surface area contributed by atoms with Gasteiger partial charge in [0.25, 0.3) is 5.91 Å². The van der Waals surface area contributed by atoms with E-state index < -0.39 is 6.10 Å². The number of imide groups is 1. The molecule has 1 aromatic rings. The smallest absolute Gasteiger partial charge is 0.253 e. The van der Waals surface area contributed by atoms with E-state index in [1.807, 2.05) is 12.1 Å². The Hall–Kier alpha value is -2.21. The van der Waals surface area contributed by atoms with Gasteiger partial charge in [0.15, 0.2) is 0 Å². The summed E-state index contributed by atoms with van der Waals surface area (Å²) in [5, 5.41) is 5.13. The van der Waals surface area contributed by atoms with E-state index in [1.54, 1.807) is 19.1 Å². The molecule has 0 bridgehead atoms. The molecule has 1 aromatic carbocycles. The Kier molecular flexibility index (Phi) is 6.70. The number of rotatable bonds is 8. The van der Waals surface area contributed by atoms with E-state index in [-0.39, 0.29) is 30.1 Å². The zero-order chi connectivity index (χ0) is 18.4. The van der Waals surface area contributed by atoms with Gasteiger partial charge in [0, 0.05) is 18.7 Å². The minimum atomic E-state index is -0.508. The van der Waals surface area contributed by atoms with E-state index in [1.165, 1.54) is 0 Å². The molecule has 0 unspecified atom stereocenters. The van der Waals surface area contributed by atoms with Gasteiger partial charge in [-0.05, 0) is 43.4 Å². The Labute approximate surface area is 148 Å². The first-order valence-corrected chi connectivity index (χ1v) is 8.70. The van der Waals surface area contributed by atoms with E-state index in [0.29, 0.717) is 24.6 Å². The maximum atomic E-state index is 12.1. The Morgan fingerprint density at radius 3 is 2.48 bits per heavy atom. The van der Waals surface area contributed by atoms with Crippen LogP contribution in [0, 0.1) is 11.8 Å². The number of amides is 3. The molecule has 0 spiro atoms. The number of carbonyl (C=O) groups is 3. The van der Waals surface area contributed by atoms with Crippen LogP contribution < -0.4 is 10.6 Å². The predicted octanol–water partition coefficient (Wildman–Crippen LogP) is 2.28. The normalized spacial score (nSPS) is 18.3. The standard InChI is InChI=1S/C19H26N2O4/c1-12(2)8-9-25-13(3)18(23)20-16-6-4-14(5-7-16)10-15-11-17(22)21-19(15)24/h4-7,12-13,15H,8-11H2,1-3H3,(H,20,23)(H,21,22,24)/t13-,15-/m1/s1. The molecule has 0 radical (unpaired) electrons. The van der Waals surface area contributed by atoms with Crippen molar-refractivity contribution >= 4 is 23.4 Å². The average Bonchev–Trinajstić information content (AvgIpc) is 2.86. The number of ether oxygens (including phenoxy) is 1. The van der Waals surface area contributed by atoms with E-state index in [4.69, 9.17) is 4.74 Å². The topological polar surface area (TPSA) is 84.5 Å². The molecule has 6 heteroatoms. The summed E-state index contributed by atoms with van der Waals surface area (Å²) in [6, 6.07) is 7.30. The summed E-state index contributed by atoms with van der Waals surface area (Å²) in [6.07, 6.45) is 1.17. The SMILES string of the molecule is CC(C)CCO[C@H](C)C(=O)Nc1ccc(C[C@@H]2CC(=O)NC2=O)cc1. The molecule has 0 saturated carbocycles. The van der Waals surface area contributed by atoms with Crippen LogP contribution in [0.3, 0.4) is 0 Å². The predicted molar refractivity (Wildman–Crippen MR) is 94.9 cm³/mol. The molecular weight excluding hydrogens is 320 g/mol. The third-order valence-corrected chi connectivity index (χ3v) is 4.20. The zero-order valence-electron chi connectivity index (χ0n) is 15.0. The molecule has 1 fully saturated rings. The Morgan fingerprint density at radius 2 is 1.92 bits per heavy atom. The van der Waals surface area contributed by atoms with Crippen molar-refractivity contribution in [3.63, 3.8) is 0 Å². The summed E-state index contributed by atoms with van der Waals surface area (Å²) in [6.45, 7) is 6.52. The molecule has 25 heavy (non-hydrogen) atoms. The lowest BCUT2D eigenvalue weighted by Crippen LogP contribution is -2.28. The number of anilines is 1. The van der Waals surface area contributed by atoms with Crippen molar-refractivity contribution in [2.24, 2.45) is 11.8 Å². The second-order valence-corrected chi connectivity index (χ2v) is 6.90. The molecule has 1 aliphatic rings. The average molecular weight is 346 g/mol. The maximum Gasteiger partial charge on any atom is 0.253 e. The highest BCUT2D eigenvalue weighted by Gasteiger charge is 2.30. The first-order chi connectivity index (χ1) is 11.8. The Bertz CT molecular complexity index is 625. The zero-order valence-corrected chi connectivity index (χ0v) is 15.0. The fraction of sp³-hybridized carbons (Fsp3) is 0.526. The van der Waals surface area contributed by atoms with E-state index in [2.05, 4.69) is 24.5 Å². The molecule has 2 rings (SSSR count). The third-order valence-electron chi connectivity index (χ3n) is 4.20. The summed E-state index contributed by atoms with van der Waals surface area (Å²) in [5.41, 5.74) is 1.63. The highest BCUT2D eigenvalue weighted by atomic mass is 16.5. The summed E-state index contributed by atoms with van der Waals surface area (Å²) in [5.74, 6) is -0.375. The molecule has 2 N–H and O–H groups in total. The highest BCUT2D eigenvalue weighted by molar-refractivity contribution is 6.03. The number of nitrogens with one attached hydrogen (secondary N) is 2. The van der Waals surface area contributed by atoms with Crippen molar-refractivity contribution in [3.8, 4) is 0 Å². The largest absolute Gasteiger partial charge is 0.369 e. The molecular formula is C19H26N2O4. The van der Waals surface area contributed by atoms with Gasteiger partial charge in [-0.15, -0.1) is 0 Å². The lowest BCUT2D eigenvalue weighted by molar-refractivity contribution is -0.127. The molecule has 3 amide bonds.